The highest BCUT2D eigenvalue weighted by molar-refractivity contribution is 6.02. The molecule has 2 N–H and O–H groups in total. The van der Waals surface area contributed by atoms with Crippen molar-refractivity contribution in [1.82, 2.24) is 0 Å². The second-order valence-corrected chi connectivity index (χ2v) is 6.41. The number of carbonyl (C=O) groups is 2. The molecule has 0 saturated carbocycles. The normalized spacial score (nSPS) is 10.5. The van der Waals surface area contributed by atoms with E-state index >= 15 is 0 Å². The Morgan fingerprint density at radius 1 is 0.903 bits per heavy atom. The maximum Gasteiger partial charge on any atom is 0.270 e. The van der Waals surface area contributed by atoms with Gasteiger partial charge in [0.15, 0.2) is 6.61 Å². The Hall–Kier alpha value is -4.46. The lowest BCUT2D eigenvalue weighted by molar-refractivity contribution is -0.384. The molecule has 3 aromatic carbocycles. The van der Waals surface area contributed by atoms with Gasteiger partial charge in [-0.15, -0.1) is 0 Å². The van der Waals surface area contributed by atoms with Crippen LogP contribution in [0.5, 0.6) is 5.75 Å². The van der Waals surface area contributed by atoms with Crippen molar-refractivity contribution in [3.63, 3.8) is 0 Å². The third-order valence-corrected chi connectivity index (χ3v) is 4.04. The molecule has 0 aromatic heterocycles. The average Bonchev–Trinajstić information content (AvgIpc) is 2.77. The summed E-state index contributed by atoms with van der Waals surface area (Å²) in [7, 11) is 0. The minimum Gasteiger partial charge on any atom is -0.484 e. The number of hydrogen-bond donors (Lipinski definition) is 2. The molecule has 0 aliphatic heterocycles. The van der Waals surface area contributed by atoms with E-state index in [2.05, 4.69) is 10.6 Å². The summed E-state index contributed by atoms with van der Waals surface area (Å²) in [4.78, 5) is 34.6. The molecule has 156 valence electrons. The van der Waals surface area contributed by atoms with Crippen molar-refractivity contribution < 1.29 is 19.2 Å². The van der Waals surface area contributed by atoms with Gasteiger partial charge < -0.3 is 15.4 Å². The first-order valence-corrected chi connectivity index (χ1v) is 9.31. The van der Waals surface area contributed by atoms with Crippen molar-refractivity contribution in [3.8, 4) is 5.75 Å². The van der Waals surface area contributed by atoms with Crippen LogP contribution in [0.4, 0.5) is 17.1 Å². The first-order valence-electron chi connectivity index (χ1n) is 9.31. The van der Waals surface area contributed by atoms with Gasteiger partial charge in [-0.1, -0.05) is 36.4 Å². The molecule has 0 saturated heterocycles. The average molecular weight is 417 g/mol. The topological polar surface area (TPSA) is 111 Å². The fourth-order valence-electron chi connectivity index (χ4n) is 2.64. The highest BCUT2D eigenvalue weighted by Gasteiger charge is 2.06. The second-order valence-electron chi connectivity index (χ2n) is 6.41. The summed E-state index contributed by atoms with van der Waals surface area (Å²) in [5.41, 5.74) is 1.46. The molecule has 0 unspecified atom stereocenters. The van der Waals surface area contributed by atoms with Crippen LogP contribution >= 0.6 is 0 Å². The number of carbonyl (C=O) groups excluding carboxylic acids is 2. The van der Waals surface area contributed by atoms with E-state index in [-0.39, 0.29) is 18.2 Å². The summed E-state index contributed by atoms with van der Waals surface area (Å²) in [6.07, 6.45) is 2.76. The molecule has 2 amide bonds. The zero-order valence-corrected chi connectivity index (χ0v) is 16.4. The van der Waals surface area contributed by atoms with Crippen LogP contribution in [0.3, 0.4) is 0 Å². The van der Waals surface area contributed by atoms with Crippen molar-refractivity contribution in [2.24, 2.45) is 0 Å². The first-order chi connectivity index (χ1) is 15.0. The molecular weight excluding hydrogens is 398 g/mol. The third-order valence-electron chi connectivity index (χ3n) is 4.04. The van der Waals surface area contributed by atoms with E-state index in [1.165, 1.54) is 24.3 Å². The van der Waals surface area contributed by atoms with Gasteiger partial charge in [0.05, 0.1) is 4.92 Å². The van der Waals surface area contributed by atoms with Gasteiger partial charge in [0.2, 0.25) is 5.91 Å². The largest absolute Gasteiger partial charge is 0.484 e. The molecule has 31 heavy (non-hydrogen) atoms. The molecule has 0 aliphatic rings. The van der Waals surface area contributed by atoms with Crippen LogP contribution in [0.25, 0.3) is 6.08 Å². The quantitative estimate of drug-likeness (QED) is 0.323. The Morgan fingerprint density at radius 2 is 1.61 bits per heavy atom. The smallest absolute Gasteiger partial charge is 0.270 e. The van der Waals surface area contributed by atoms with E-state index in [9.17, 15) is 19.7 Å². The lowest BCUT2D eigenvalue weighted by Gasteiger charge is -2.09. The van der Waals surface area contributed by atoms with Gasteiger partial charge in [0, 0.05) is 29.6 Å². The van der Waals surface area contributed by atoms with Crippen molar-refractivity contribution in [3.05, 3.63) is 101 Å². The predicted octanol–water partition coefficient (Wildman–Crippen LogP) is 4.26. The number of ether oxygens (including phenoxy) is 1. The summed E-state index contributed by atoms with van der Waals surface area (Å²) >= 11 is 0. The van der Waals surface area contributed by atoms with E-state index < -0.39 is 10.8 Å². The van der Waals surface area contributed by atoms with Crippen molar-refractivity contribution >= 4 is 35.0 Å². The number of nitro groups is 1. The summed E-state index contributed by atoms with van der Waals surface area (Å²) in [5, 5.41) is 16.2. The minimum atomic E-state index is -0.498. The second kappa shape index (κ2) is 10.4. The highest BCUT2D eigenvalue weighted by atomic mass is 16.6. The highest BCUT2D eigenvalue weighted by Crippen LogP contribution is 2.17. The molecule has 3 aromatic rings. The molecule has 3 rings (SSSR count). The van der Waals surface area contributed by atoms with E-state index in [4.69, 9.17) is 4.74 Å². The molecule has 8 heteroatoms. The number of amides is 2. The Bertz CT molecular complexity index is 1110. The van der Waals surface area contributed by atoms with Gasteiger partial charge in [0.25, 0.3) is 11.6 Å². The lowest BCUT2D eigenvalue weighted by atomic mass is 10.2. The first kappa shape index (κ1) is 21.3. The molecule has 0 atom stereocenters. The Kier molecular flexibility index (Phi) is 7.10. The zero-order valence-electron chi connectivity index (χ0n) is 16.4. The maximum absolute atomic E-state index is 12.2. The van der Waals surface area contributed by atoms with Crippen LogP contribution < -0.4 is 15.4 Å². The fourth-order valence-corrected chi connectivity index (χ4v) is 2.64. The number of benzene rings is 3. The number of anilines is 2. The molecule has 0 radical (unpaired) electrons. The van der Waals surface area contributed by atoms with Gasteiger partial charge in [0.1, 0.15) is 5.75 Å². The van der Waals surface area contributed by atoms with Crippen LogP contribution in [-0.4, -0.2) is 23.3 Å². The van der Waals surface area contributed by atoms with E-state index in [0.717, 1.165) is 0 Å². The van der Waals surface area contributed by atoms with E-state index in [1.807, 2.05) is 18.2 Å². The van der Waals surface area contributed by atoms with E-state index in [1.54, 1.807) is 48.5 Å². The number of hydrogen-bond acceptors (Lipinski definition) is 5. The standard InChI is InChI=1S/C23H19N3O5/c27-22(13-12-17-6-4-9-20(14-17)26(29)30)24-18-7-5-8-19(15-18)25-23(28)16-31-21-10-2-1-3-11-21/h1-15H,16H2,(H,24,27)(H,25,28)/b13-12+. The monoisotopic (exact) mass is 417 g/mol. The Balaban J connectivity index is 1.54. The van der Waals surface area contributed by atoms with Crippen LogP contribution in [0.15, 0.2) is 84.9 Å². The van der Waals surface area contributed by atoms with Crippen LogP contribution in [0, 0.1) is 10.1 Å². The van der Waals surface area contributed by atoms with Crippen LogP contribution in [0.2, 0.25) is 0 Å². The van der Waals surface area contributed by atoms with Crippen LogP contribution in [0.1, 0.15) is 5.56 Å². The summed E-state index contributed by atoms with van der Waals surface area (Å²) in [6, 6.07) is 21.6. The van der Waals surface area contributed by atoms with Crippen molar-refractivity contribution in [1.29, 1.82) is 0 Å². The Labute approximate surface area is 178 Å². The predicted molar refractivity (Wildman–Crippen MR) is 118 cm³/mol. The van der Waals surface area contributed by atoms with Crippen LogP contribution in [-0.2, 0) is 9.59 Å². The minimum absolute atomic E-state index is 0.0535. The lowest BCUT2D eigenvalue weighted by Crippen LogP contribution is -2.20. The van der Waals surface area contributed by atoms with Gasteiger partial charge in [-0.05, 0) is 42.0 Å². The molecule has 0 aliphatic carbocycles. The molecule has 0 spiro atoms. The number of non-ortho nitro benzene ring substituents is 1. The number of nitro benzene ring substituents is 1. The van der Waals surface area contributed by atoms with Crippen molar-refractivity contribution in [2.75, 3.05) is 17.2 Å². The maximum atomic E-state index is 12.2. The molecule has 0 fully saturated rings. The number of nitrogens with zero attached hydrogens (tertiary/aromatic N) is 1. The summed E-state index contributed by atoms with van der Waals surface area (Å²) in [5.74, 6) is -0.158. The molecule has 0 bridgehead atoms. The Morgan fingerprint density at radius 3 is 2.35 bits per heavy atom. The molecule has 8 nitrogen and oxygen atoms in total. The SMILES string of the molecule is O=C(/C=C/c1cccc([N+](=O)[O-])c1)Nc1cccc(NC(=O)COc2ccccc2)c1. The summed E-state index contributed by atoms with van der Waals surface area (Å²) < 4.78 is 5.40. The number of nitrogens with one attached hydrogen (secondary N) is 2. The van der Waals surface area contributed by atoms with E-state index in [0.29, 0.717) is 22.7 Å². The summed E-state index contributed by atoms with van der Waals surface area (Å²) in [6.45, 7) is -0.146. The van der Waals surface area contributed by atoms with Crippen molar-refractivity contribution in [2.45, 2.75) is 0 Å². The number of rotatable bonds is 8. The van der Waals surface area contributed by atoms with Gasteiger partial charge >= 0.3 is 0 Å². The third kappa shape index (κ3) is 6.82. The zero-order chi connectivity index (χ0) is 22.1. The molecule has 0 heterocycles. The van der Waals surface area contributed by atoms with Gasteiger partial charge in [-0.3, -0.25) is 19.7 Å². The van der Waals surface area contributed by atoms with Gasteiger partial charge in [-0.25, -0.2) is 0 Å². The molecular formula is C23H19N3O5. The number of para-hydroxylation sites is 1. The van der Waals surface area contributed by atoms with Gasteiger partial charge in [-0.2, -0.15) is 0 Å². The fraction of sp³-hybridized carbons (Fsp3) is 0.0435.